The van der Waals surface area contributed by atoms with Gasteiger partial charge in [-0.05, 0) is 69.6 Å². The standard InChI is InChI=1S/C17H32N2O/c1-2-13-5-10-16(11-6-13)19-17(20)12-7-14-3-8-15(18)9-4-14/h13-16H,2-12,18H2,1H3,(H,19,20). The van der Waals surface area contributed by atoms with Crippen LogP contribution in [0.5, 0.6) is 0 Å². The van der Waals surface area contributed by atoms with E-state index in [1.807, 2.05) is 0 Å². The number of amides is 1. The van der Waals surface area contributed by atoms with E-state index in [4.69, 9.17) is 5.73 Å². The summed E-state index contributed by atoms with van der Waals surface area (Å²) in [6, 6.07) is 0.860. The Morgan fingerprint density at radius 1 is 1.00 bits per heavy atom. The largest absolute Gasteiger partial charge is 0.353 e. The first kappa shape index (κ1) is 15.8. The monoisotopic (exact) mass is 280 g/mol. The van der Waals surface area contributed by atoms with Gasteiger partial charge >= 0.3 is 0 Å². The summed E-state index contributed by atoms with van der Waals surface area (Å²) >= 11 is 0. The van der Waals surface area contributed by atoms with Crippen LogP contribution in [0.4, 0.5) is 0 Å². The molecule has 116 valence electrons. The van der Waals surface area contributed by atoms with Crippen molar-refractivity contribution in [2.45, 2.75) is 89.6 Å². The minimum atomic E-state index is 0.278. The van der Waals surface area contributed by atoms with Gasteiger partial charge in [0, 0.05) is 18.5 Å². The molecule has 1 amide bonds. The topological polar surface area (TPSA) is 55.1 Å². The van der Waals surface area contributed by atoms with E-state index in [1.54, 1.807) is 0 Å². The van der Waals surface area contributed by atoms with Gasteiger partial charge < -0.3 is 11.1 Å². The molecular formula is C17H32N2O. The maximum Gasteiger partial charge on any atom is 0.220 e. The lowest BCUT2D eigenvalue weighted by molar-refractivity contribution is -0.122. The molecule has 0 atom stereocenters. The van der Waals surface area contributed by atoms with Crippen LogP contribution in [0.3, 0.4) is 0 Å². The average Bonchev–Trinajstić information content (AvgIpc) is 2.47. The molecule has 0 aromatic carbocycles. The molecule has 0 aromatic rings. The molecule has 0 spiro atoms. The first-order valence-electron chi connectivity index (χ1n) is 8.72. The van der Waals surface area contributed by atoms with E-state index in [2.05, 4.69) is 12.2 Å². The minimum Gasteiger partial charge on any atom is -0.353 e. The van der Waals surface area contributed by atoms with Gasteiger partial charge in [0.1, 0.15) is 0 Å². The molecule has 2 fully saturated rings. The molecule has 0 unspecified atom stereocenters. The second kappa shape index (κ2) is 8.02. The van der Waals surface area contributed by atoms with Crippen molar-refractivity contribution in [3.8, 4) is 0 Å². The number of nitrogens with one attached hydrogen (secondary N) is 1. The van der Waals surface area contributed by atoms with Crippen molar-refractivity contribution in [3.63, 3.8) is 0 Å². The third-order valence-corrected chi connectivity index (χ3v) is 5.46. The number of hydrogen-bond acceptors (Lipinski definition) is 2. The van der Waals surface area contributed by atoms with Crippen molar-refractivity contribution < 1.29 is 4.79 Å². The highest BCUT2D eigenvalue weighted by molar-refractivity contribution is 5.76. The molecule has 0 heterocycles. The van der Waals surface area contributed by atoms with Crippen molar-refractivity contribution in [3.05, 3.63) is 0 Å². The van der Waals surface area contributed by atoms with E-state index in [1.165, 1.54) is 44.9 Å². The molecule has 0 bridgehead atoms. The van der Waals surface area contributed by atoms with Crippen LogP contribution in [0.1, 0.15) is 77.6 Å². The summed E-state index contributed by atoms with van der Waals surface area (Å²) in [5.74, 6) is 1.91. The minimum absolute atomic E-state index is 0.278. The van der Waals surface area contributed by atoms with Crippen LogP contribution in [0.25, 0.3) is 0 Å². The fraction of sp³-hybridized carbons (Fsp3) is 0.941. The van der Waals surface area contributed by atoms with E-state index in [9.17, 15) is 4.79 Å². The summed E-state index contributed by atoms with van der Waals surface area (Å²) in [6.07, 6.45) is 12.8. The molecule has 0 radical (unpaired) electrons. The first-order valence-corrected chi connectivity index (χ1v) is 8.72. The SMILES string of the molecule is CCC1CCC(NC(=O)CCC2CCC(N)CC2)CC1. The van der Waals surface area contributed by atoms with Gasteiger partial charge in [-0.1, -0.05) is 13.3 Å². The summed E-state index contributed by atoms with van der Waals surface area (Å²) in [7, 11) is 0. The summed E-state index contributed by atoms with van der Waals surface area (Å²) in [5.41, 5.74) is 5.92. The maximum atomic E-state index is 12.0. The van der Waals surface area contributed by atoms with Gasteiger partial charge in [0.15, 0.2) is 0 Å². The Balaban J connectivity index is 1.59. The summed E-state index contributed by atoms with van der Waals surface area (Å²) in [4.78, 5) is 12.0. The lowest BCUT2D eigenvalue weighted by atomic mass is 9.83. The summed E-state index contributed by atoms with van der Waals surface area (Å²) in [6.45, 7) is 2.28. The second-order valence-electron chi connectivity index (χ2n) is 7.01. The fourth-order valence-corrected chi connectivity index (χ4v) is 3.83. The number of carbonyl (C=O) groups excluding carboxylic acids is 1. The molecule has 0 aliphatic heterocycles. The first-order chi connectivity index (χ1) is 9.67. The van der Waals surface area contributed by atoms with Gasteiger partial charge in [-0.2, -0.15) is 0 Å². The Hall–Kier alpha value is -0.570. The van der Waals surface area contributed by atoms with Crippen molar-refractivity contribution in [2.24, 2.45) is 17.6 Å². The van der Waals surface area contributed by atoms with Crippen LogP contribution >= 0.6 is 0 Å². The fourth-order valence-electron chi connectivity index (χ4n) is 3.83. The smallest absolute Gasteiger partial charge is 0.220 e. The van der Waals surface area contributed by atoms with Crippen LogP contribution in [0.2, 0.25) is 0 Å². The molecule has 2 saturated carbocycles. The Morgan fingerprint density at radius 2 is 1.60 bits per heavy atom. The third-order valence-electron chi connectivity index (χ3n) is 5.46. The molecule has 0 aromatic heterocycles. The maximum absolute atomic E-state index is 12.0. The predicted molar refractivity (Wildman–Crippen MR) is 83.3 cm³/mol. The van der Waals surface area contributed by atoms with Gasteiger partial charge in [-0.15, -0.1) is 0 Å². The Morgan fingerprint density at radius 3 is 2.20 bits per heavy atom. The second-order valence-corrected chi connectivity index (χ2v) is 7.01. The molecule has 2 rings (SSSR count). The summed E-state index contributed by atoms with van der Waals surface area (Å²) in [5, 5.41) is 3.25. The quantitative estimate of drug-likeness (QED) is 0.811. The van der Waals surface area contributed by atoms with Gasteiger partial charge in [-0.3, -0.25) is 4.79 Å². The van der Waals surface area contributed by atoms with E-state index in [0.717, 1.165) is 31.1 Å². The van der Waals surface area contributed by atoms with Crippen LogP contribution < -0.4 is 11.1 Å². The Bertz CT molecular complexity index is 289. The molecular weight excluding hydrogens is 248 g/mol. The highest BCUT2D eigenvalue weighted by Crippen LogP contribution is 2.28. The normalized spacial score (nSPS) is 34.7. The van der Waals surface area contributed by atoms with E-state index in [-0.39, 0.29) is 5.91 Å². The Labute approximate surface area is 124 Å². The molecule has 3 heteroatoms. The lowest BCUT2D eigenvalue weighted by Crippen LogP contribution is -2.37. The van der Waals surface area contributed by atoms with Gasteiger partial charge in [0.2, 0.25) is 5.91 Å². The molecule has 2 aliphatic rings. The van der Waals surface area contributed by atoms with Crippen LogP contribution in [-0.4, -0.2) is 18.0 Å². The van der Waals surface area contributed by atoms with E-state index in [0.29, 0.717) is 18.5 Å². The van der Waals surface area contributed by atoms with Gasteiger partial charge in [0.25, 0.3) is 0 Å². The Kier molecular flexibility index (Phi) is 6.34. The molecule has 3 nitrogen and oxygen atoms in total. The van der Waals surface area contributed by atoms with Crippen LogP contribution in [-0.2, 0) is 4.79 Å². The zero-order valence-corrected chi connectivity index (χ0v) is 13.1. The molecule has 20 heavy (non-hydrogen) atoms. The lowest BCUT2D eigenvalue weighted by Gasteiger charge is -2.29. The number of hydrogen-bond donors (Lipinski definition) is 2. The predicted octanol–water partition coefficient (Wildman–Crippen LogP) is 3.37. The average molecular weight is 280 g/mol. The van der Waals surface area contributed by atoms with Crippen molar-refractivity contribution in [1.29, 1.82) is 0 Å². The third kappa shape index (κ3) is 5.08. The van der Waals surface area contributed by atoms with E-state index < -0.39 is 0 Å². The van der Waals surface area contributed by atoms with Crippen molar-refractivity contribution in [1.82, 2.24) is 5.32 Å². The number of nitrogens with two attached hydrogens (primary N) is 1. The highest BCUT2D eigenvalue weighted by atomic mass is 16.1. The molecule has 0 saturated heterocycles. The zero-order chi connectivity index (χ0) is 14.4. The van der Waals surface area contributed by atoms with Gasteiger partial charge in [-0.25, -0.2) is 0 Å². The molecule has 2 aliphatic carbocycles. The van der Waals surface area contributed by atoms with Gasteiger partial charge in [0.05, 0.1) is 0 Å². The van der Waals surface area contributed by atoms with Crippen LogP contribution in [0.15, 0.2) is 0 Å². The van der Waals surface area contributed by atoms with Crippen molar-refractivity contribution in [2.75, 3.05) is 0 Å². The summed E-state index contributed by atoms with van der Waals surface area (Å²) < 4.78 is 0. The van der Waals surface area contributed by atoms with Crippen LogP contribution in [0, 0.1) is 11.8 Å². The number of rotatable bonds is 5. The highest BCUT2D eigenvalue weighted by Gasteiger charge is 2.22. The molecule has 3 N–H and O–H groups in total. The van der Waals surface area contributed by atoms with Crippen molar-refractivity contribution >= 4 is 5.91 Å². The zero-order valence-electron chi connectivity index (χ0n) is 13.1. The van der Waals surface area contributed by atoms with E-state index >= 15 is 0 Å². The number of carbonyl (C=O) groups is 1.